The summed E-state index contributed by atoms with van der Waals surface area (Å²) in [5.41, 5.74) is 2.53. The second-order valence-corrected chi connectivity index (χ2v) is 5.85. The Balaban J connectivity index is 1.88. The average Bonchev–Trinajstić information content (AvgIpc) is 2.57. The fourth-order valence-corrected chi connectivity index (χ4v) is 2.36. The Morgan fingerprint density at radius 1 is 1.12 bits per heavy atom. The molecule has 0 heterocycles. The molecule has 0 aliphatic carbocycles. The molecule has 0 saturated heterocycles. The van der Waals surface area contributed by atoms with Gasteiger partial charge in [0, 0.05) is 10.7 Å². The molecule has 1 atom stereocenters. The molecule has 0 saturated carbocycles. The first-order valence-electron chi connectivity index (χ1n) is 7.82. The molecule has 24 heavy (non-hydrogen) atoms. The third-order valence-corrected chi connectivity index (χ3v) is 3.97. The molecule has 2 aromatic carbocycles. The first kappa shape index (κ1) is 18.0. The van der Waals surface area contributed by atoms with Gasteiger partial charge < -0.3 is 10.1 Å². The number of halogens is 1. The van der Waals surface area contributed by atoms with Gasteiger partial charge in [-0.25, -0.2) is 0 Å². The lowest BCUT2D eigenvalue weighted by molar-refractivity contribution is -0.152. The maximum atomic E-state index is 12.1. The molecule has 5 heteroatoms. The van der Waals surface area contributed by atoms with Crippen molar-refractivity contribution in [3.05, 3.63) is 64.7 Å². The molecule has 0 bridgehead atoms. The normalized spacial score (nSPS) is 11.6. The summed E-state index contributed by atoms with van der Waals surface area (Å²) < 4.78 is 5.18. The number of carbonyl (C=O) groups is 2. The van der Waals surface area contributed by atoms with Crippen LogP contribution in [0.2, 0.25) is 5.02 Å². The van der Waals surface area contributed by atoms with Gasteiger partial charge >= 0.3 is 5.97 Å². The SMILES string of the molecule is CCc1ccc(NC(=O)[C@H](C)OC(=O)Cc2ccccc2Cl)cc1. The van der Waals surface area contributed by atoms with Crippen LogP contribution in [0, 0.1) is 0 Å². The number of hydrogen-bond acceptors (Lipinski definition) is 3. The van der Waals surface area contributed by atoms with Crippen molar-refractivity contribution < 1.29 is 14.3 Å². The molecule has 2 aromatic rings. The Labute approximate surface area is 146 Å². The minimum atomic E-state index is -0.883. The van der Waals surface area contributed by atoms with Gasteiger partial charge in [0.05, 0.1) is 6.42 Å². The quantitative estimate of drug-likeness (QED) is 0.804. The van der Waals surface area contributed by atoms with Crippen LogP contribution in [0.5, 0.6) is 0 Å². The summed E-state index contributed by atoms with van der Waals surface area (Å²) in [4.78, 5) is 24.1. The lowest BCUT2D eigenvalue weighted by atomic mass is 10.1. The van der Waals surface area contributed by atoms with Crippen LogP contribution in [0.25, 0.3) is 0 Å². The maximum Gasteiger partial charge on any atom is 0.311 e. The topological polar surface area (TPSA) is 55.4 Å². The van der Waals surface area contributed by atoms with Crippen LogP contribution < -0.4 is 5.32 Å². The molecule has 0 unspecified atom stereocenters. The van der Waals surface area contributed by atoms with E-state index in [1.165, 1.54) is 5.56 Å². The first-order valence-corrected chi connectivity index (χ1v) is 8.20. The van der Waals surface area contributed by atoms with E-state index in [0.717, 1.165) is 6.42 Å². The molecule has 0 aliphatic heterocycles. The molecule has 126 valence electrons. The third-order valence-electron chi connectivity index (χ3n) is 3.60. The van der Waals surface area contributed by atoms with E-state index in [1.807, 2.05) is 24.3 Å². The van der Waals surface area contributed by atoms with Crippen LogP contribution in [0.3, 0.4) is 0 Å². The Hall–Kier alpha value is -2.33. The molecule has 0 aromatic heterocycles. The fraction of sp³-hybridized carbons (Fsp3) is 0.263. The van der Waals surface area contributed by atoms with E-state index in [4.69, 9.17) is 16.3 Å². The Morgan fingerprint density at radius 3 is 2.42 bits per heavy atom. The van der Waals surface area contributed by atoms with Gasteiger partial charge in [-0.2, -0.15) is 0 Å². The lowest BCUT2D eigenvalue weighted by Gasteiger charge is -2.14. The summed E-state index contributed by atoms with van der Waals surface area (Å²) in [5.74, 6) is -0.862. The summed E-state index contributed by atoms with van der Waals surface area (Å²) in [6.45, 7) is 3.61. The van der Waals surface area contributed by atoms with Gasteiger partial charge in [-0.3, -0.25) is 9.59 Å². The number of aryl methyl sites for hydroxylation is 1. The van der Waals surface area contributed by atoms with E-state index in [2.05, 4.69) is 12.2 Å². The molecular weight excluding hydrogens is 326 g/mol. The van der Waals surface area contributed by atoms with E-state index < -0.39 is 12.1 Å². The summed E-state index contributed by atoms with van der Waals surface area (Å²) in [6, 6.07) is 14.6. The zero-order chi connectivity index (χ0) is 17.5. The highest BCUT2D eigenvalue weighted by Crippen LogP contribution is 2.16. The summed E-state index contributed by atoms with van der Waals surface area (Å²) in [7, 11) is 0. The number of ether oxygens (including phenoxy) is 1. The molecular formula is C19H20ClNO3. The van der Waals surface area contributed by atoms with E-state index >= 15 is 0 Å². The van der Waals surface area contributed by atoms with Gasteiger partial charge in [-0.1, -0.05) is 48.9 Å². The standard InChI is InChI=1S/C19H20ClNO3/c1-3-14-8-10-16(11-9-14)21-19(23)13(2)24-18(22)12-15-6-4-5-7-17(15)20/h4-11,13H,3,12H2,1-2H3,(H,21,23)/t13-/m0/s1. The number of anilines is 1. The van der Waals surface area contributed by atoms with Crippen molar-refractivity contribution in [2.45, 2.75) is 32.8 Å². The number of benzene rings is 2. The maximum absolute atomic E-state index is 12.1. The highest BCUT2D eigenvalue weighted by atomic mass is 35.5. The number of rotatable bonds is 6. The molecule has 1 amide bonds. The van der Waals surface area contributed by atoms with E-state index in [9.17, 15) is 9.59 Å². The largest absolute Gasteiger partial charge is 0.452 e. The number of esters is 1. The van der Waals surface area contributed by atoms with E-state index in [1.54, 1.807) is 31.2 Å². The second-order valence-electron chi connectivity index (χ2n) is 5.44. The van der Waals surface area contributed by atoms with Crippen molar-refractivity contribution in [3.8, 4) is 0 Å². The second kappa shape index (κ2) is 8.50. The number of amides is 1. The average molecular weight is 346 g/mol. The number of nitrogens with one attached hydrogen (secondary N) is 1. The van der Waals surface area contributed by atoms with E-state index in [-0.39, 0.29) is 12.3 Å². The predicted octanol–water partition coefficient (Wildman–Crippen LogP) is 4.02. The summed E-state index contributed by atoms with van der Waals surface area (Å²) in [5, 5.41) is 3.23. The fourth-order valence-electron chi connectivity index (χ4n) is 2.16. The summed E-state index contributed by atoms with van der Waals surface area (Å²) in [6.07, 6.45) is 0.0816. The molecule has 0 aliphatic rings. The number of hydrogen-bond donors (Lipinski definition) is 1. The van der Waals surface area contributed by atoms with Crippen molar-refractivity contribution in [2.24, 2.45) is 0 Å². The lowest BCUT2D eigenvalue weighted by Crippen LogP contribution is -2.30. The van der Waals surface area contributed by atoms with Crippen molar-refractivity contribution in [2.75, 3.05) is 5.32 Å². The molecule has 2 rings (SSSR count). The van der Waals surface area contributed by atoms with Crippen molar-refractivity contribution in [1.82, 2.24) is 0 Å². The molecule has 0 fully saturated rings. The molecule has 4 nitrogen and oxygen atoms in total. The van der Waals surface area contributed by atoms with Gasteiger partial charge in [-0.05, 0) is 42.7 Å². The Morgan fingerprint density at radius 2 is 1.79 bits per heavy atom. The van der Waals surface area contributed by atoms with Crippen molar-refractivity contribution >= 4 is 29.2 Å². The zero-order valence-corrected chi connectivity index (χ0v) is 14.5. The van der Waals surface area contributed by atoms with Crippen LogP contribution in [0.15, 0.2) is 48.5 Å². The Kier molecular flexibility index (Phi) is 6.38. The predicted molar refractivity (Wildman–Crippen MR) is 95.2 cm³/mol. The molecule has 0 spiro atoms. The highest BCUT2D eigenvalue weighted by molar-refractivity contribution is 6.31. The van der Waals surface area contributed by atoms with Crippen LogP contribution in [0.4, 0.5) is 5.69 Å². The van der Waals surface area contributed by atoms with Crippen LogP contribution in [0.1, 0.15) is 25.0 Å². The van der Waals surface area contributed by atoms with Gasteiger partial charge in [0.25, 0.3) is 5.91 Å². The van der Waals surface area contributed by atoms with Crippen LogP contribution >= 0.6 is 11.6 Å². The molecule has 0 radical (unpaired) electrons. The van der Waals surface area contributed by atoms with Gasteiger partial charge in [0.2, 0.25) is 0 Å². The summed E-state index contributed by atoms with van der Waals surface area (Å²) >= 11 is 6.01. The van der Waals surface area contributed by atoms with Gasteiger partial charge in [0.15, 0.2) is 6.10 Å². The van der Waals surface area contributed by atoms with Gasteiger partial charge in [0.1, 0.15) is 0 Å². The first-order chi connectivity index (χ1) is 11.5. The van der Waals surface area contributed by atoms with Crippen molar-refractivity contribution in [3.63, 3.8) is 0 Å². The minimum Gasteiger partial charge on any atom is -0.452 e. The zero-order valence-electron chi connectivity index (χ0n) is 13.7. The number of carbonyl (C=O) groups excluding carboxylic acids is 2. The minimum absolute atomic E-state index is 0.0302. The van der Waals surface area contributed by atoms with Crippen molar-refractivity contribution in [1.29, 1.82) is 0 Å². The highest BCUT2D eigenvalue weighted by Gasteiger charge is 2.18. The monoisotopic (exact) mass is 345 g/mol. The smallest absolute Gasteiger partial charge is 0.311 e. The Bertz CT molecular complexity index is 713. The molecule has 1 N–H and O–H groups in total. The van der Waals surface area contributed by atoms with Crippen LogP contribution in [-0.4, -0.2) is 18.0 Å². The van der Waals surface area contributed by atoms with Crippen LogP contribution in [-0.2, 0) is 27.2 Å². The van der Waals surface area contributed by atoms with Gasteiger partial charge in [-0.15, -0.1) is 0 Å². The third kappa shape index (κ3) is 5.10. The van der Waals surface area contributed by atoms with E-state index in [0.29, 0.717) is 16.3 Å².